The largest absolute Gasteiger partial charge is 0.387 e. The number of hydrogen-bond acceptors (Lipinski definition) is 2. The van der Waals surface area contributed by atoms with Crippen LogP contribution in [0.1, 0.15) is 46.0 Å². The van der Waals surface area contributed by atoms with Crippen LogP contribution in [0.25, 0.3) is 0 Å². The average Bonchev–Trinajstić information content (AvgIpc) is 2.75. The first-order valence-corrected chi connectivity index (χ1v) is 5.91. The Hall–Kier alpha value is -0.0800. The van der Waals surface area contributed by atoms with Crippen molar-refractivity contribution in [1.82, 2.24) is 0 Å². The number of hydrogen-bond donors (Lipinski definition) is 2. The summed E-state index contributed by atoms with van der Waals surface area (Å²) in [4.78, 5) is 0. The summed E-state index contributed by atoms with van der Waals surface area (Å²) in [5, 5.41) is 21.2. The van der Waals surface area contributed by atoms with E-state index in [0.717, 1.165) is 32.1 Å². The van der Waals surface area contributed by atoms with Crippen molar-refractivity contribution in [3.05, 3.63) is 0 Å². The molecule has 0 saturated heterocycles. The van der Waals surface area contributed by atoms with Crippen LogP contribution < -0.4 is 0 Å². The minimum Gasteiger partial charge on any atom is -0.387 e. The molecular formula is C12H20O2. The van der Waals surface area contributed by atoms with Gasteiger partial charge in [-0.2, -0.15) is 0 Å². The third kappa shape index (κ3) is 0.674. The monoisotopic (exact) mass is 196 g/mol. The summed E-state index contributed by atoms with van der Waals surface area (Å²) in [6.07, 6.45) is 4.95. The molecule has 3 aliphatic rings. The maximum Gasteiger partial charge on any atom is 0.102 e. The van der Waals surface area contributed by atoms with E-state index in [9.17, 15) is 10.2 Å². The molecule has 0 aromatic carbocycles. The smallest absolute Gasteiger partial charge is 0.102 e. The fourth-order valence-electron chi connectivity index (χ4n) is 4.64. The van der Waals surface area contributed by atoms with Gasteiger partial charge in [-0.25, -0.2) is 0 Å². The van der Waals surface area contributed by atoms with Crippen molar-refractivity contribution in [1.29, 1.82) is 0 Å². The van der Waals surface area contributed by atoms with E-state index in [1.54, 1.807) is 0 Å². The van der Waals surface area contributed by atoms with Crippen LogP contribution >= 0.6 is 0 Å². The molecular weight excluding hydrogens is 176 g/mol. The third-order valence-electron chi connectivity index (χ3n) is 5.49. The summed E-state index contributed by atoms with van der Waals surface area (Å²) < 4.78 is 0. The molecule has 3 fully saturated rings. The second-order valence-corrected chi connectivity index (χ2v) is 6.02. The van der Waals surface area contributed by atoms with E-state index in [4.69, 9.17) is 0 Å². The molecule has 5 unspecified atom stereocenters. The molecule has 0 aromatic rings. The number of fused-ring (bicyclic) bond motifs is 2. The van der Waals surface area contributed by atoms with Gasteiger partial charge in [-0.3, -0.25) is 0 Å². The van der Waals surface area contributed by atoms with Crippen LogP contribution in [0.4, 0.5) is 0 Å². The molecule has 2 N–H and O–H groups in total. The number of aliphatic hydroxyl groups is 2. The SMILES string of the molecule is CC1CC12CCCC1(O)CC(C)C12O. The van der Waals surface area contributed by atoms with Gasteiger partial charge in [0.05, 0.1) is 5.60 Å². The first kappa shape index (κ1) is 9.17. The Morgan fingerprint density at radius 1 is 1.00 bits per heavy atom. The lowest BCUT2D eigenvalue weighted by Crippen LogP contribution is -2.74. The minimum atomic E-state index is -0.752. The average molecular weight is 196 g/mol. The first-order chi connectivity index (χ1) is 6.46. The first-order valence-electron chi connectivity index (χ1n) is 5.91. The van der Waals surface area contributed by atoms with Crippen molar-refractivity contribution in [3.63, 3.8) is 0 Å². The lowest BCUT2D eigenvalue weighted by atomic mass is 9.46. The molecule has 0 heterocycles. The van der Waals surface area contributed by atoms with E-state index in [1.165, 1.54) is 0 Å². The molecule has 1 spiro atoms. The van der Waals surface area contributed by atoms with Gasteiger partial charge in [0.1, 0.15) is 5.60 Å². The Bertz CT molecular complexity index is 286. The zero-order chi connectivity index (χ0) is 10.2. The zero-order valence-corrected chi connectivity index (χ0v) is 9.08. The van der Waals surface area contributed by atoms with Gasteiger partial charge in [-0.15, -0.1) is 0 Å². The predicted molar refractivity (Wildman–Crippen MR) is 53.7 cm³/mol. The fourth-order valence-corrected chi connectivity index (χ4v) is 4.64. The Morgan fingerprint density at radius 3 is 2.07 bits per heavy atom. The molecule has 3 saturated carbocycles. The van der Waals surface area contributed by atoms with Crippen LogP contribution in [0.5, 0.6) is 0 Å². The molecule has 0 bridgehead atoms. The van der Waals surface area contributed by atoms with E-state index in [2.05, 4.69) is 13.8 Å². The molecule has 3 rings (SSSR count). The lowest BCUT2D eigenvalue weighted by molar-refractivity contribution is -0.309. The molecule has 2 heteroatoms. The van der Waals surface area contributed by atoms with Gasteiger partial charge in [0.15, 0.2) is 0 Å². The summed E-state index contributed by atoms with van der Waals surface area (Å²) in [7, 11) is 0. The predicted octanol–water partition coefficient (Wildman–Crippen LogP) is 1.70. The van der Waals surface area contributed by atoms with Gasteiger partial charge in [-0.1, -0.05) is 13.8 Å². The van der Waals surface area contributed by atoms with Crippen LogP contribution in [0.3, 0.4) is 0 Å². The van der Waals surface area contributed by atoms with E-state index >= 15 is 0 Å². The molecule has 80 valence electrons. The highest BCUT2D eigenvalue weighted by molar-refractivity contribution is 5.29. The van der Waals surface area contributed by atoms with Crippen LogP contribution in [0, 0.1) is 17.3 Å². The van der Waals surface area contributed by atoms with Crippen LogP contribution in [-0.2, 0) is 0 Å². The second kappa shape index (κ2) is 2.19. The molecule has 3 aliphatic carbocycles. The van der Waals surface area contributed by atoms with Gasteiger partial charge in [0.2, 0.25) is 0 Å². The normalized spacial score (nSPS) is 66.0. The Labute approximate surface area is 85.3 Å². The van der Waals surface area contributed by atoms with Crippen molar-refractivity contribution in [2.45, 2.75) is 57.2 Å². The van der Waals surface area contributed by atoms with Gasteiger partial charge < -0.3 is 10.2 Å². The molecule has 0 aliphatic heterocycles. The Morgan fingerprint density at radius 2 is 1.64 bits per heavy atom. The lowest BCUT2D eigenvalue weighted by Gasteiger charge is -2.64. The Kier molecular flexibility index (Phi) is 1.44. The highest BCUT2D eigenvalue weighted by Gasteiger charge is 2.78. The van der Waals surface area contributed by atoms with Crippen LogP contribution in [-0.4, -0.2) is 21.4 Å². The molecule has 14 heavy (non-hydrogen) atoms. The Balaban J connectivity index is 2.02. The van der Waals surface area contributed by atoms with Crippen LogP contribution in [0.15, 0.2) is 0 Å². The van der Waals surface area contributed by atoms with Gasteiger partial charge >= 0.3 is 0 Å². The molecule has 0 amide bonds. The third-order valence-corrected chi connectivity index (χ3v) is 5.49. The zero-order valence-electron chi connectivity index (χ0n) is 9.08. The van der Waals surface area contributed by atoms with Crippen molar-refractivity contribution in [3.8, 4) is 0 Å². The van der Waals surface area contributed by atoms with Gasteiger partial charge in [0.25, 0.3) is 0 Å². The molecule has 5 atom stereocenters. The summed E-state index contributed by atoms with van der Waals surface area (Å²) in [6, 6.07) is 0. The maximum atomic E-state index is 10.8. The highest BCUT2D eigenvalue weighted by Crippen LogP contribution is 2.74. The molecule has 0 aromatic heterocycles. The van der Waals surface area contributed by atoms with E-state index in [0.29, 0.717) is 5.92 Å². The fraction of sp³-hybridized carbons (Fsp3) is 1.00. The van der Waals surface area contributed by atoms with Crippen LogP contribution in [0.2, 0.25) is 0 Å². The van der Waals surface area contributed by atoms with Gasteiger partial charge in [-0.05, 0) is 43.9 Å². The summed E-state index contributed by atoms with van der Waals surface area (Å²) in [5.74, 6) is 0.903. The molecule has 0 radical (unpaired) electrons. The van der Waals surface area contributed by atoms with Gasteiger partial charge in [0, 0.05) is 5.41 Å². The minimum absolute atomic E-state index is 0.0810. The van der Waals surface area contributed by atoms with E-state index in [1.807, 2.05) is 0 Å². The highest BCUT2D eigenvalue weighted by atomic mass is 16.4. The van der Waals surface area contributed by atoms with Crippen molar-refractivity contribution in [2.75, 3.05) is 0 Å². The van der Waals surface area contributed by atoms with Crippen molar-refractivity contribution < 1.29 is 10.2 Å². The van der Waals surface area contributed by atoms with E-state index < -0.39 is 11.2 Å². The summed E-state index contributed by atoms with van der Waals surface area (Å²) in [5.41, 5.74) is -1.41. The standard InChI is InChI=1S/C12H20O2/c1-8-6-10(8)4-3-5-11(13)7-9(2)12(10,11)14/h8-9,13-14H,3-7H2,1-2H3. The summed E-state index contributed by atoms with van der Waals surface area (Å²) in [6.45, 7) is 4.31. The van der Waals surface area contributed by atoms with Crippen molar-refractivity contribution >= 4 is 0 Å². The topological polar surface area (TPSA) is 40.5 Å². The van der Waals surface area contributed by atoms with E-state index in [-0.39, 0.29) is 11.3 Å². The number of rotatable bonds is 0. The van der Waals surface area contributed by atoms with Crippen molar-refractivity contribution in [2.24, 2.45) is 17.3 Å². The quantitative estimate of drug-likeness (QED) is 0.619. The summed E-state index contributed by atoms with van der Waals surface area (Å²) >= 11 is 0. The maximum absolute atomic E-state index is 10.8. The second-order valence-electron chi connectivity index (χ2n) is 6.02. The molecule has 2 nitrogen and oxygen atoms in total.